The molecule has 0 saturated carbocycles. The molecule has 1 aliphatic heterocycles. The highest BCUT2D eigenvalue weighted by atomic mass is 16.5. The highest BCUT2D eigenvalue weighted by Gasteiger charge is 2.40. The van der Waals surface area contributed by atoms with E-state index in [-0.39, 0.29) is 5.41 Å². The van der Waals surface area contributed by atoms with E-state index in [4.69, 9.17) is 9.47 Å². The van der Waals surface area contributed by atoms with Crippen molar-refractivity contribution in [2.45, 2.75) is 44.9 Å². The number of likely N-dealkylation sites (tertiary alicyclic amines) is 1. The van der Waals surface area contributed by atoms with Crippen LogP contribution < -0.4 is 4.74 Å². The standard InChI is InChI=1S/C24H33N3O3/c1-5-7-18(2)17-27-12-10-24(11-13-27,20-8-6-9-21(14-20)29-3)23-25-15-19(16-26-23)22(28)30-4/h6,8-9,14-16,18H,5,7,10-13,17H2,1-4H3. The average Bonchev–Trinajstić information content (AvgIpc) is 2.79. The maximum absolute atomic E-state index is 11.8. The highest BCUT2D eigenvalue weighted by Crippen LogP contribution is 2.41. The molecule has 0 spiro atoms. The zero-order valence-corrected chi connectivity index (χ0v) is 18.6. The molecular formula is C24H33N3O3. The highest BCUT2D eigenvalue weighted by molar-refractivity contribution is 5.88. The van der Waals surface area contributed by atoms with Crippen molar-refractivity contribution in [3.05, 3.63) is 53.6 Å². The van der Waals surface area contributed by atoms with E-state index in [2.05, 4.69) is 40.8 Å². The van der Waals surface area contributed by atoms with Gasteiger partial charge in [0.2, 0.25) is 0 Å². The number of hydrogen-bond donors (Lipinski definition) is 0. The average molecular weight is 412 g/mol. The van der Waals surface area contributed by atoms with Crippen molar-refractivity contribution in [2.24, 2.45) is 5.92 Å². The summed E-state index contributed by atoms with van der Waals surface area (Å²) >= 11 is 0. The zero-order valence-electron chi connectivity index (χ0n) is 18.6. The smallest absolute Gasteiger partial charge is 0.341 e. The van der Waals surface area contributed by atoms with Crippen molar-refractivity contribution >= 4 is 5.97 Å². The first-order valence-corrected chi connectivity index (χ1v) is 10.8. The molecule has 162 valence electrons. The molecular weight excluding hydrogens is 378 g/mol. The molecule has 1 aromatic carbocycles. The zero-order chi connectivity index (χ0) is 21.6. The maximum atomic E-state index is 11.8. The lowest BCUT2D eigenvalue weighted by atomic mass is 9.71. The fraction of sp³-hybridized carbons (Fsp3) is 0.542. The molecule has 2 aromatic rings. The van der Waals surface area contributed by atoms with Gasteiger partial charge in [-0.3, -0.25) is 0 Å². The van der Waals surface area contributed by atoms with Crippen molar-refractivity contribution in [1.82, 2.24) is 14.9 Å². The van der Waals surface area contributed by atoms with Gasteiger partial charge >= 0.3 is 5.97 Å². The lowest BCUT2D eigenvalue weighted by molar-refractivity contribution is 0.0599. The quantitative estimate of drug-likeness (QED) is 0.610. The fourth-order valence-electron chi connectivity index (χ4n) is 4.50. The molecule has 6 nitrogen and oxygen atoms in total. The van der Waals surface area contributed by atoms with Crippen LogP contribution in [0.5, 0.6) is 5.75 Å². The Morgan fingerprint density at radius 2 is 1.90 bits per heavy atom. The van der Waals surface area contributed by atoms with E-state index in [1.807, 2.05) is 12.1 Å². The molecule has 0 amide bonds. The van der Waals surface area contributed by atoms with Gasteiger partial charge in [0, 0.05) is 18.9 Å². The van der Waals surface area contributed by atoms with E-state index in [1.54, 1.807) is 19.5 Å². The molecule has 0 radical (unpaired) electrons. The number of piperidine rings is 1. The molecule has 1 saturated heterocycles. The lowest BCUT2D eigenvalue weighted by Gasteiger charge is -2.42. The summed E-state index contributed by atoms with van der Waals surface area (Å²) in [6.07, 6.45) is 7.49. The molecule has 6 heteroatoms. The monoisotopic (exact) mass is 411 g/mol. The van der Waals surface area contributed by atoms with Crippen LogP contribution in [0.3, 0.4) is 0 Å². The van der Waals surface area contributed by atoms with Gasteiger partial charge in [-0.1, -0.05) is 32.4 Å². The second-order valence-electron chi connectivity index (χ2n) is 8.30. The number of hydrogen-bond acceptors (Lipinski definition) is 6. The van der Waals surface area contributed by atoms with E-state index in [0.29, 0.717) is 11.5 Å². The van der Waals surface area contributed by atoms with Crippen molar-refractivity contribution in [3.8, 4) is 5.75 Å². The Hall–Kier alpha value is -2.47. The summed E-state index contributed by atoms with van der Waals surface area (Å²) in [5.41, 5.74) is 1.23. The minimum Gasteiger partial charge on any atom is -0.497 e. The molecule has 0 bridgehead atoms. The Labute approximate surface area is 179 Å². The summed E-state index contributed by atoms with van der Waals surface area (Å²) in [6.45, 7) is 7.70. The number of esters is 1. The Kier molecular flexibility index (Phi) is 7.43. The Morgan fingerprint density at radius 1 is 1.20 bits per heavy atom. The summed E-state index contributed by atoms with van der Waals surface area (Å²) in [5.74, 6) is 1.87. The number of carbonyl (C=O) groups excluding carboxylic acids is 1. The van der Waals surface area contributed by atoms with Crippen molar-refractivity contribution in [1.29, 1.82) is 0 Å². The lowest BCUT2D eigenvalue weighted by Crippen LogP contribution is -2.45. The number of rotatable bonds is 8. The minimum absolute atomic E-state index is 0.298. The molecule has 1 unspecified atom stereocenters. The summed E-state index contributed by atoms with van der Waals surface area (Å²) in [7, 11) is 3.05. The van der Waals surface area contributed by atoms with Gasteiger partial charge in [0.05, 0.1) is 25.2 Å². The van der Waals surface area contributed by atoms with Crippen molar-refractivity contribution in [2.75, 3.05) is 33.9 Å². The minimum atomic E-state index is -0.420. The van der Waals surface area contributed by atoms with Crippen LogP contribution in [0.2, 0.25) is 0 Å². The second-order valence-corrected chi connectivity index (χ2v) is 8.30. The Balaban J connectivity index is 1.90. The van der Waals surface area contributed by atoms with E-state index >= 15 is 0 Å². The molecule has 1 aliphatic rings. The van der Waals surface area contributed by atoms with E-state index in [9.17, 15) is 4.79 Å². The fourth-order valence-corrected chi connectivity index (χ4v) is 4.50. The van der Waals surface area contributed by atoms with Gasteiger partial charge in [-0.2, -0.15) is 0 Å². The Bertz CT molecular complexity index is 830. The van der Waals surface area contributed by atoms with Gasteiger partial charge in [-0.05, 0) is 56.0 Å². The third-order valence-corrected chi connectivity index (χ3v) is 6.18. The van der Waals surface area contributed by atoms with Gasteiger partial charge in [0.1, 0.15) is 11.6 Å². The van der Waals surface area contributed by atoms with E-state index < -0.39 is 5.97 Å². The normalized spacial score (nSPS) is 17.3. The van der Waals surface area contributed by atoms with Crippen LogP contribution in [-0.4, -0.2) is 54.7 Å². The summed E-state index contributed by atoms with van der Waals surface area (Å²) in [5, 5.41) is 0. The first-order chi connectivity index (χ1) is 14.5. The third-order valence-electron chi connectivity index (χ3n) is 6.18. The molecule has 30 heavy (non-hydrogen) atoms. The summed E-state index contributed by atoms with van der Waals surface area (Å²) < 4.78 is 10.3. The van der Waals surface area contributed by atoms with Crippen LogP contribution in [0.4, 0.5) is 0 Å². The predicted octanol–water partition coefficient (Wildman–Crippen LogP) is 4.09. The van der Waals surface area contributed by atoms with Crippen molar-refractivity contribution < 1.29 is 14.3 Å². The molecule has 0 aliphatic carbocycles. The molecule has 2 heterocycles. The van der Waals surface area contributed by atoms with Gasteiger partial charge in [-0.25, -0.2) is 14.8 Å². The maximum Gasteiger partial charge on any atom is 0.341 e. The number of aromatic nitrogens is 2. The Morgan fingerprint density at radius 3 is 2.50 bits per heavy atom. The SMILES string of the molecule is CCCC(C)CN1CCC(c2cccc(OC)c2)(c2ncc(C(=O)OC)cn2)CC1. The number of nitrogens with zero attached hydrogens (tertiary/aromatic N) is 3. The van der Waals surface area contributed by atoms with Crippen molar-refractivity contribution in [3.63, 3.8) is 0 Å². The van der Waals surface area contributed by atoms with E-state index in [0.717, 1.165) is 49.6 Å². The van der Waals surface area contributed by atoms with Crippen LogP contribution in [0.1, 0.15) is 61.3 Å². The topological polar surface area (TPSA) is 64.5 Å². The summed E-state index contributed by atoms with van der Waals surface area (Å²) in [4.78, 5) is 23.6. The first kappa shape index (κ1) is 22.2. The molecule has 1 atom stereocenters. The van der Waals surface area contributed by atoms with Gasteiger partial charge in [0.15, 0.2) is 0 Å². The molecule has 3 rings (SSSR count). The third kappa shape index (κ3) is 4.81. The number of methoxy groups -OCH3 is 2. The van der Waals surface area contributed by atoms with Crippen LogP contribution in [0.25, 0.3) is 0 Å². The van der Waals surface area contributed by atoms with Crippen LogP contribution in [-0.2, 0) is 10.2 Å². The number of carbonyl (C=O) groups is 1. The molecule has 1 aromatic heterocycles. The molecule has 1 fully saturated rings. The number of benzene rings is 1. The predicted molar refractivity (Wildman–Crippen MR) is 117 cm³/mol. The van der Waals surface area contributed by atoms with Gasteiger partial charge in [-0.15, -0.1) is 0 Å². The van der Waals surface area contributed by atoms with Gasteiger partial charge in [0.25, 0.3) is 0 Å². The first-order valence-electron chi connectivity index (χ1n) is 10.8. The van der Waals surface area contributed by atoms with Crippen LogP contribution in [0, 0.1) is 5.92 Å². The number of ether oxygens (including phenoxy) is 2. The largest absolute Gasteiger partial charge is 0.497 e. The van der Waals surface area contributed by atoms with E-state index in [1.165, 1.54) is 20.0 Å². The second kappa shape index (κ2) is 10.0. The summed E-state index contributed by atoms with van der Waals surface area (Å²) in [6, 6.07) is 8.21. The van der Waals surface area contributed by atoms with Crippen LogP contribution >= 0.6 is 0 Å². The molecule has 0 N–H and O–H groups in total. The van der Waals surface area contributed by atoms with Gasteiger partial charge < -0.3 is 14.4 Å². The van der Waals surface area contributed by atoms with Crippen LogP contribution in [0.15, 0.2) is 36.7 Å².